The summed E-state index contributed by atoms with van der Waals surface area (Å²) >= 11 is 0. The molecule has 2 aromatic rings. The van der Waals surface area contributed by atoms with Crippen molar-refractivity contribution in [3.8, 4) is 17.9 Å². The van der Waals surface area contributed by atoms with Gasteiger partial charge in [-0.05, 0) is 23.8 Å². The molecule has 2 aromatic carbocycles. The number of halogens is 3. The van der Waals surface area contributed by atoms with E-state index in [4.69, 9.17) is 15.3 Å². The highest BCUT2D eigenvalue weighted by Crippen LogP contribution is 2.38. The van der Waals surface area contributed by atoms with Gasteiger partial charge in [0, 0.05) is 6.42 Å². The molecule has 0 atom stereocenters. The van der Waals surface area contributed by atoms with Crippen molar-refractivity contribution in [2.45, 2.75) is 12.6 Å². The first kappa shape index (κ1) is 18.8. The smallest absolute Gasteiger partial charge is 0.420 e. The number of hydrogen-bond acceptors (Lipinski definition) is 5. The Balaban J connectivity index is 2.15. The van der Waals surface area contributed by atoms with Gasteiger partial charge in [-0.2, -0.15) is 28.8 Å². The summed E-state index contributed by atoms with van der Waals surface area (Å²) in [5.41, 5.74) is 1.72. The SMILES string of the molecule is N#CC(C#N)=NNc1ccc(OCCc2ccccc2)c(C(F)(F)F)c1. The zero-order chi connectivity index (χ0) is 19.0. The van der Waals surface area contributed by atoms with Crippen LogP contribution in [0.3, 0.4) is 0 Å². The summed E-state index contributed by atoms with van der Waals surface area (Å²) in [5, 5.41) is 20.6. The van der Waals surface area contributed by atoms with E-state index in [0.29, 0.717) is 6.42 Å². The standard InChI is InChI=1S/C18H13F3N4O/c19-18(20,21)16-10-14(24-25-15(11-22)12-23)6-7-17(16)26-9-8-13-4-2-1-3-5-13/h1-7,10,24H,8-9H2. The Bertz CT molecular complexity index is 849. The molecule has 0 amide bonds. The molecule has 2 rings (SSSR count). The van der Waals surface area contributed by atoms with Gasteiger partial charge in [0.25, 0.3) is 0 Å². The van der Waals surface area contributed by atoms with Crippen LogP contribution in [0.4, 0.5) is 18.9 Å². The molecule has 0 aromatic heterocycles. The molecule has 0 bridgehead atoms. The summed E-state index contributed by atoms with van der Waals surface area (Å²) in [5.74, 6) is -0.302. The van der Waals surface area contributed by atoms with E-state index in [0.717, 1.165) is 11.6 Å². The zero-order valence-corrected chi connectivity index (χ0v) is 13.4. The molecule has 0 radical (unpaired) electrons. The fourth-order valence-electron chi connectivity index (χ4n) is 2.07. The number of anilines is 1. The second kappa shape index (κ2) is 8.54. The zero-order valence-electron chi connectivity index (χ0n) is 13.4. The van der Waals surface area contributed by atoms with Crippen molar-refractivity contribution >= 4 is 11.4 Å². The lowest BCUT2D eigenvalue weighted by Crippen LogP contribution is -2.11. The van der Waals surface area contributed by atoms with Crippen LogP contribution >= 0.6 is 0 Å². The Kier molecular flexibility index (Phi) is 6.18. The van der Waals surface area contributed by atoms with Crippen LogP contribution in [-0.2, 0) is 12.6 Å². The monoisotopic (exact) mass is 358 g/mol. The third kappa shape index (κ3) is 5.25. The maximum absolute atomic E-state index is 13.3. The average Bonchev–Trinajstić information content (AvgIpc) is 2.63. The van der Waals surface area contributed by atoms with Gasteiger partial charge >= 0.3 is 6.18 Å². The van der Waals surface area contributed by atoms with Gasteiger partial charge in [0.2, 0.25) is 5.71 Å². The lowest BCUT2D eigenvalue weighted by atomic mass is 10.1. The summed E-state index contributed by atoms with van der Waals surface area (Å²) in [4.78, 5) is 0. The van der Waals surface area contributed by atoms with Crippen LogP contribution in [0.25, 0.3) is 0 Å². The van der Waals surface area contributed by atoms with Gasteiger partial charge in [0.1, 0.15) is 17.9 Å². The van der Waals surface area contributed by atoms with Crippen LogP contribution in [0.15, 0.2) is 53.6 Å². The highest BCUT2D eigenvalue weighted by Gasteiger charge is 2.34. The highest BCUT2D eigenvalue weighted by atomic mass is 19.4. The molecular formula is C18H13F3N4O. The largest absolute Gasteiger partial charge is 0.493 e. The second-order valence-corrected chi connectivity index (χ2v) is 5.09. The maximum Gasteiger partial charge on any atom is 0.420 e. The molecule has 132 valence electrons. The van der Waals surface area contributed by atoms with Crippen molar-refractivity contribution in [1.82, 2.24) is 0 Å². The molecule has 0 saturated carbocycles. The molecule has 0 aliphatic carbocycles. The van der Waals surface area contributed by atoms with Crippen molar-refractivity contribution in [1.29, 1.82) is 10.5 Å². The van der Waals surface area contributed by atoms with Gasteiger partial charge in [-0.15, -0.1) is 0 Å². The number of nitrogens with zero attached hydrogens (tertiary/aromatic N) is 3. The van der Waals surface area contributed by atoms with Crippen molar-refractivity contribution < 1.29 is 17.9 Å². The van der Waals surface area contributed by atoms with E-state index in [9.17, 15) is 13.2 Å². The number of benzene rings is 2. The number of nitrogens with one attached hydrogen (secondary N) is 1. The minimum absolute atomic E-state index is 0.0178. The van der Waals surface area contributed by atoms with E-state index in [2.05, 4.69) is 10.5 Å². The second-order valence-electron chi connectivity index (χ2n) is 5.09. The topological polar surface area (TPSA) is 81.2 Å². The van der Waals surface area contributed by atoms with Crippen LogP contribution < -0.4 is 10.2 Å². The van der Waals surface area contributed by atoms with Crippen LogP contribution in [0, 0.1) is 22.7 Å². The minimum atomic E-state index is -4.63. The van der Waals surface area contributed by atoms with E-state index in [1.807, 2.05) is 30.3 Å². The molecule has 0 spiro atoms. The van der Waals surface area contributed by atoms with Crippen LogP contribution in [-0.4, -0.2) is 12.3 Å². The van der Waals surface area contributed by atoms with Crippen molar-refractivity contribution in [3.05, 3.63) is 59.7 Å². The van der Waals surface area contributed by atoms with E-state index in [-0.39, 0.29) is 18.0 Å². The molecule has 0 saturated heterocycles. The van der Waals surface area contributed by atoms with E-state index < -0.39 is 17.5 Å². The van der Waals surface area contributed by atoms with E-state index >= 15 is 0 Å². The lowest BCUT2D eigenvalue weighted by molar-refractivity contribution is -0.138. The Morgan fingerprint density at radius 1 is 1.08 bits per heavy atom. The number of ether oxygens (including phenoxy) is 1. The first-order valence-electron chi connectivity index (χ1n) is 7.46. The maximum atomic E-state index is 13.3. The molecule has 0 unspecified atom stereocenters. The van der Waals surface area contributed by atoms with Crippen LogP contribution in [0.2, 0.25) is 0 Å². The predicted octanol–water partition coefficient (Wildman–Crippen LogP) is 4.14. The molecule has 5 nitrogen and oxygen atoms in total. The van der Waals surface area contributed by atoms with Gasteiger partial charge in [-0.3, -0.25) is 5.43 Å². The summed E-state index contributed by atoms with van der Waals surface area (Å²) in [6, 6.07) is 15.6. The highest BCUT2D eigenvalue weighted by molar-refractivity contribution is 6.10. The Labute approximate surface area is 147 Å². The lowest BCUT2D eigenvalue weighted by Gasteiger charge is -2.15. The molecule has 0 fully saturated rings. The molecule has 8 heteroatoms. The first-order chi connectivity index (χ1) is 12.4. The van der Waals surface area contributed by atoms with Crippen molar-refractivity contribution in [2.75, 3.05) is 12.0 Å². The van der Waals surface area contributed by atoms with Crippen LogP contribution in [0.5, 0.6) is 5.75 Å². The molecule has 0 aliphatic heterocycles. The molecular weight excluding hydrogens is 345 g/mol. The van der Waals surface area contributed by atoms with Gasteiger partial charge in [-0.25, -0.2) is 0 Å². The summed E-state index contributed by atoms with van der Waals surface area (Å²) in [6.45, 7) is 0.0883. The summed E-state index contributed by atoms with van der Waals surface area (Å²) in [7, 11) is 0. The van der Waals surface area contributed by atoms with E-state index in [1.54, 1.807) is 0 Å². The molecule has 0 heterocycles. The third-order valence-electron chi connectivity index (χ3n) is 3.28. The normalized spacial score (nSPS) is 10.3. The van der Waals surface area contributed by atoms with Gasteiger partial charge in [-0.1, -0.05) is 30.3 Å². The number of hydrazone groups is 1. The predicted molar refractivity (Wildman–Crippen MR) is 89.4 cm³/mol. The van der Waals surface area contributed by atoms with E-state index in [1.165, 1.54) is 24.3 Å². The van der Waals surface area contributed by atoms with Crippen molar-refractivity contribution in [3.63, 3.8) is 0 Å². The number of nitriles is 2. The van der Waals surface area contributed by atoms with Crippen molar-refractivity contribution in [2.24, 2.45) is 5.10 Å². The van der Waals surface area contributed by atoms with Gasteiger partial charge < -0.3 is 4.74 Å². The number of rotatable bonds is 6. The molecule has 26 heavy (non-hydrogen) atoms. The Morgan fingerprint density at radius 3 is 2.38 bits per heavy atom. The van der Waals surface area contributed by atoms with Gasteiger partial charge in [0.05, 0.1) is 17.9 Å². The summed E-state index contributed by atoms with van der Waals surface area (Å²) < 4.78 is 45.1. The molecule has 1 N–H and O–H groups in total. The molecule has 0 aliphatic rings. The number of alkyl halides is 3. The Hall–Kier alpha value is -3.52. The number of hydrogen-bond donors (Lipinski definition) is 1. The average molecular weight is 358 g/mol. The Morgan fingerprint density at radius 2 is 1.77 bits per heavy atom. The fraction of sp³-hybridized carbons (Fsp3) is 0.167. The first-order valence-corrected chi connectivity index (χ1v) is 7.46. The third-order valence-corrected chi connectivity index (χ3v) is 3.28. The fourth-order valence-corrected chi connectivity index (χ4v) is 2.07. The quantitative estimate of drug-likeness (QED) is 0.621. The van der Waals surface area contributed by atoms with Gasteiger partial charge in [0.15, 0.2) is 0 Å². The minimum Gasteiger partial charge on any atom is -0.493 e. The van der Waals surface area contributed by atoms with Crippen LogP contribution in [0.1, 0.15) is 11.1 Å². The summed E-state index contributed by atoms with van der Waals surface area (Å²) in [6.07, 6.45) is -4.16.